The van der Waals surface area contributed by atoms with E-state index in [4.69, 9.17) is 11.6 Å². The summed E-state index contributed by atoms with van der Waals surface area (Å²) >= 11 is 6.27. The van der Waals surface area contributed by atoms with Crippen molar-refractivity contribution < 1.29 is 0 Å². The highest BCUT2D eigenvalue weighted by molar-refractivity contribution is 6.32. The number of rotatable bonds is 5. The lowest BCUT2D eigenvalue weighted by Crippen LogP contribution is -2.40. The summed E-state index contributed by atoms with van der Waals surface area (Å²) in [6.45, 7) is 9.53. The van der Waals surface area contributed by atoms with Crippen LogP contribution in [0.15, 0.2) is 6.20 Å². The maximum atomic E-state index is 6.27. The predicted molar refractivity (Wildman–Crippen MR) is 85.7 cm³/mol. The Morgan fingerprint density at radius 3 is 2.45 bits per heavy atom. The molecule has 112 valence electrons. The fourth-order valence-electron chi connectivity index (χ4n) is 2.97. The van der Waals surface area contributed by atoms with Gasteiger partial charge in [0.2, 0.25) is 5.95 Å². The first-order chi connectivity index (χ1) is 9.64. The highest BCUT2D eigenvalue weighted by atomic mass is 35.5. The van der Waals surface area contributed by atoms with E-state index in [2.05, 4.69) is 34.0 Å². The van der Waals surface area contributed by atoms with E-state index in [-0.39, 0.29) is 0 Å². The van der Waals surface area contributed by atoms with Gasteiger partial charge in [0, 0.05) is 19.6 Å². The van der Waals surface area contributed by atoms with Crippen LogP contribution in [0.25, 0.3) is 0 Å². The first kappa shape index (κ1) is 15.4. The van der Waals surface area contributed by atoms with Crippen molar-refractivity contribution >= 4 is 23.4 Å². The number of hydrogen-bond donors (Lipinski definition) is 1. The lowest BCUT2D eigenvalue weighted by atomic mass is 9.74. The van der Waals surface area contributed by atoms with Gasteiger partial charge in [-0.15, -0.1) is 0 Å². The van der Waals surface area contributed by atoms with Crippen molar-refractivity contribution in [3.63, 3.8) is 0 Å². The third-order valence-electron chi connectivity index (χ3n) is 4.68. The summed E-state index contributed by atoms with van der Waals surface area (Å²) in [7, 11) is 0. The van der Waals surface area contributed by atoms with Crippen LogP contribution >= 0.6 is 11.6 Å². The average molecular weight is 297 g/mol. The Kier molecular flexibility index (Phi) is 5.08. The van der Waals surface area contributed by atoms with Crippen LogP contribution < -0.4 is 10.2 Å². The number of aromatic nitrogens is 2. The second-order valence-corrected chi connectivity index (χ2v) is 6.00. The van der Waals surface area contributed by atoms with Crippen molar-refractivity contribution in [1.29, 1.82) is 0 Å². The Bertz CT molecular complexity index is 435. The molecule has 0 unspecified atom stereocenters. The molecule has 4 nitrogen and oxygen atoms in total. The summed E-state index contributed by atoms with van der Waals surface area (Å²) in [5, 5.41) is 3.79. The summed E-state index contributed by atoms with van der Waals surface area (Å²) in [5.41, 5.74) is 0.514. The van der Waals surface area contributed by atoms with Crippen LogP contribution in [0.4, 0.5) is 11.8 Å². The van der Waals surface area contributed by atoms with Crippen molar-refractivity contribution in [3.8, 4) is 0 Å². The zero-order valence-electron chi connectivity index (χ0n) is 12.7. The van der Waals surface area contributed by atoms with Gasteiger partial charge in [-0.2, -0.15) is 4.98 Å². The van der Waals surface area contributed by atoms with Crippen molar-refractivity contribution in [2.75, 3.05) is 29.9 Å². The van der Waals surface area contributed by atoms with Crippen LogP contribution in [0.1, 0.15) is 46.5 Å². The molecule has 1 aromatic rings. The minimum Gasteiger partial charge on any atom is -0.355 e. The molecular formula is C15H25ClN4. The molecule has 0 amide bonds. The van der Waals surface area contributed by atoms with Gasteiger partial charge in [-0.3, -0.25) is 0 Å². The fourth-order valence-corrected chi connectivity index (χ4v) is 3.18. The summed E-state index contributed by atoms with van der Waals surface area (Å²) in [4.78, 5) is 11.1. The van der Waals surface area contributed by atoms with Crippen LogP contribution in [0.2, 0.25) is 5.02 Å². The zero-order valence-corrected chi connectivity index (χ0v) is 13.5. The lowest BCUT2D eigenvalue weighted by Gasteiger charge is -2.41. The van der Waals surface area contributed by atoms with Gasteiger partial charge in [-0.05, 0) is 25.2 Å². The molecule has 0 bridgehead atoms. The van der Waals surface area contributed by atoms with Crippen LogP contribution in [0.5, 0.6) is 0 Å². The van der Waals surface area contributed by atoms with Crippen LogP contribution in [0.3, 0.4) is 0 Å². The maximum Gasteiger partial charge on any atom is 0.224 e. The van der Waals surface area contributed by atoms with E-state index >= 15 is 0 Å². The van der Waals surface area contributed by atoms with Crippen molar-refractivity contribution in [2.24, 2.45) is 5.41 Å². The van der Waals surface area contributed by atoms with Crippen LogP contribution in [0, 0.1) is 5.41 Å². The molecule has 0 spiro atoms. The minimum atomic E-state index is 0.514. The molecule has 2 rings (SSSR count). The van der Waals surface area contributed by atoms with Crippen molar-refractivity contribution in [2.45, 2.75) is 46.5 Å². The standard InChI is InChI=1S/C15H25ClN4/c1-4-15(5-2)7-9-20(10-8-15)13-12(16)11-18-14(19-13)17-6-3/h11H,4-10H2,1-3H3,(H,17,18,19). The average Bonchev–Trinajstić information content (AvgIpc) is 2.50. The van der Waals surface area contributed by atoms with E-state index in [0.717, 1.165) is 25.5 Å². The molecule has 1 saturated heterocycles. The fraction of sp³-hybridized carbons (Fsp3) is 0.733. The number of nitrogens with zero attached hydrogens (tertiary/aromatic N) is 3. The summed E-state index contributed by atoms with van der Waals surface area (Å²) in [5.74, 6) is 1.54. The Labute approximate surface area is 126 Å². The van der Waals surface area contributed by atoms with Gasteiger partial charge < -0.3 is 10.2 Å². The lowest BCUT2D eigenvalue weighted by molar-refractivity contribution is 0.199. The highest BCUT2D eigenvalue weighted by Crippen LogP contribution is 2.39. The molecule has 0 atom stereocenters. The second-order valence-electron chi connectivity index (χ2n) is 5.59. The van der Waals surface area contributed by atoms with Crippen LogP contribution in [-0.4, -0.2) is 29.6 Å². The Morgan fingerprint density at radius 1 is 1.25 bits per heavy atom. The number of piperidine rings is 1. The van der Waals surface area contributed by atoms with E-state index in [9.17, 15) is 0 Å². The smallest absolute Gasteiger partial charge is 0.224 e. The number of hydrogen-bond acceptors (Lipinski definition) is 4. The predicted octanol–water partition coefficient (Wildman–Crippen LogP) is 3.97. The largest absolute Gasteiger partial charge is 0.355 e. The molecular weight excluding hydrogens is 272 g/mol. The summed E-state index contributed by atoms with van der Waals surface area (Å²) < 4.78 is 0. The molecule has 1 N–H and O–H groups in total. The van der Waals surface area contributed by atoms with E-state index in [1.54, 1.807) is 6.20 Å². The molecule has 1 aliphatic heterocycles. The number of halogens is 1. The van der Waals surface area contributed by atoms with Gasteiger partial charge in [-0.25, -0.2) is 4.98 Å². The Hall–Kier alpha value is -1.03. The molecule has 1 aromatic heterocycles. The van der Waals surface area contributed by atoms with Crippen molar-refractivity contribution in [1.82, 2.24) is 9.97 Å². The second kappa shape index (κ2) is 6.61. The van der Waals surface area contributed by atoms with E-state index in [1.165, 1.54) is 25.7 Å². The van der Waals surface area contributed by atoms with E-state index < -0.39 is 0 Å². The van der Waals surface area contributed by atoms with Crippen LogP contribution in [-0.2, 0) is 0 Å². The molecule has 0 saturated carbocycles. The first-order valence-corrected chi connectivity index (χ1v) is 8.03. The van der Waals surface area contributed by atoms with Crippen molar-refractivity contribution in [3.05, 3.63) is 11.2 Å². The van der Waals surface area contributed by atoms with Gasteiger partial charge in [-0.1, -0.05) is 38.3 Å². The van der Waals surface area contributed by atoms with Gasteiger partial charge in [0.25, 0.3) is 0 Å². The third kappa shape index (κ3) is 3.17. The molecule has 1 fully saturated rings. The molecule has 1 aliphatic rings. The SMILES string of the molecule is CCNc1ncc(Cl)c(N2CCC(CC)(CC)CC2)n1. The Morgan fingerprint density at radius 2 is 1.90 bits per heavy atom. The quantitative estimate of drug-likeness (QED) is 0.892. The molecule has 0 radical (unpaired) electrons. The number of anilines is 2. The first-order valence-electron chi connectivity index (χ1n) is 7.65. The topological polar surface area (TPSA) is 41.1 Å². The molecule has 20 heavy (non-hydrogen) atoms. The molecule has 5 heteroatoms. The number of nitrogens with one attached hydrogen (secondary N) is 1. The van der Waals surface area contributed by atoms with E-state index in [1.807, 2.05) is 6.92 Å². The zero-order chi connectivity index (χ0) is 14.6. The van der Waals surface area contributed by atoms with E-state index in [0.29, 0.717) is 16.4 Å². The molecule has 0 aliphatic carbocycles. The molecule has 2 heterocycles. The summed E-state index contributed by atoms with van der Waals surface area (Å²) in [6.07, 6.45) is 6.66. The highest BCUT2D eigenvalue weighted by Gasteiger charge is 2.32. The molecule has 0 aromatic carbocycles. The summed E-state index contributed by atoms with van der Waals surface area (Å²) in [6, 6.07) is 0. The third-order valence-corrected chi connectivity index (χ3v) is 4.95. The normalized spacial score (nSPS) is 18.1. The maximum absolute atomic E-state index is 6.27. The van der Waals surface area contributed by atoms with Gasteiger partial charge in [0.1, 0.15) is 5.02 Å². The van der Waals surface area contributed by atoms with Gasteiger partial charge in [0.05, 0.1) is 6.20 Å². The van der Waals surface area contributed by atoms with Gasteiger partial charge >= 0.3 is 0 Å². The van der Waals surface area contributed by atoms with Gasteiger partial charge in [0.15, 0.2) is 5.82 Å². The Balaban J connectivity index is 2.12. The minimum absolute atomic E-state index is 0.514. The monoisotopic (exact) mass is 296 g/mol.